The molecule has 0 atom stereocenters. The molecule has 278 valence electrons. The van der Waals surface area contributed by atoms with Crippen molar-refractivity contribution in [1.82, 2.24) is 9.97 Å². The minimum atomic E-state index is -0.175. The van der Waals surface area contributed by atoms with Crippen molar-refractivity contribution in [2.24, 2.45) is 0 Å². The maximum absolute atomic E-state index is 5.37. The summed E-state index contributed by atoms with van der Waals surface area (Å²) in [4.78, 5) is 10.7. The van der Waals surface area contributed by atoms with Gasteiger partial charge in [-0.2, -0.15) is 0 Å². The third-order valence-corrected chi connectivity index (χ3v) is 12.3. The van der Waals surface area contributed by atoms with Gasteiger partial charge in [0.05, 0.1) is 11.4 Å². The average Bonchev–Trinajstić information content (AvgIpc) is 3.55. The third-order valence-electron chi connectivity index (χ3n) is 12.3. The quantitative estimate of drug-likeness (QED) is 0.169. The molecule has 0 amide bonds. The zero-order valence-electron chi connectivity index (χ0n) is 33.0. The molecule has 9 aromatic carbocycles. The summed E-state index contributed by atoms with van der Waals surface area (Å²) in [7, 11) is 0. The van der Waals surface area contributed by atoms with Gasteiger partial charge in [0.2, 0.25) is 0 Å². The average molecular weight is 753 g/mol. The molecule has 11 rings (SSSR count). The Kier molecular flexibility index (Phi) is 8.20. The Morgan fingerprint density at radius 3 is 1.61 bits per heavy atom. The van der Waals surface area contributed by atoms with Crippen molar-refractivity contribution in [1.29, 1.82) is 0 Å². The minimum Gasteiger partial charge on any atom is -0.228 e. The van der Waals surface area contributed by atoms with E-state index >= 15 is 0 Å². The van der Waals surface area contributed by atoms with Crippen molar-refractivity contribution in [2.45, 2.75) is 19.3 Å². The fourth-order valence-corrected chi connectivity index (χ4v) is 9.42. The van der Waals surface area contributed by atoms with Crippen molar-refractivity contribution in [3.8, 4) is 78.4 Å². The van der Waals surface area contributed by atoms with Crippen molar-refractivity contribution < 1.29 is 0 Å². The third kappa shape index (κ3) is 5.87. The molecule has 1 aromatic heterocycles. The second-order valence-corrected chi connectivity index (χ2v) is 16.1. The number of aromatic nitrogens is 2. The molecular weight excluding hydrogens is 713 g/mol. The summed E-state index contributed by atoms with van der Waals surface area (Å²) in [6.07, 6.45) is 0. The van der Waals surface area contributed by atoms with E-state index in [4.69, 9.17) is 9.97 Å². The molecule has 0 unspecified atom stereocenters. The largest absolute Gasteiger partial charge is 0.228 e. The van der Waals surface area contributed by atoms with E-state index < -0.39 is 0 Å². The molecule has 2 heteroatoms. The maximum Gasteiger partial charge on any atom is 0.161 e. The maximum atomic E-state index is 5.37. The Hall–Kier alpha value is -7.42. The van der Waals surface area contributed by atoms with Crippen LogP contribution in [0.15, 0.2) is 206 Å². The summed E-state index contributed by atoms with van der Waals surface area (Å²) in [6, 6.07) is 74.2. The second kappa shape index (κ2) is 13.9. The number of hydrogen-bond donors (Lipinski definition) is 0. The first-order valence-corrected chi connectivity index (χ1v) is 20.4. The van der Waals surface area contributed by atoms with Crippen LogP contribution in [0.5, 0.6) is 0 Å². The SMILES string of the molecule is CC1(C)c2ccc3ccccc3c2-c2cccc(-c3ccc(-c4nc(-c5ccccc5)cc(-c5cccc(-c6ccc(-c7ccccc7)cc6)c5)n4)c4ccccc34)c21. The summed E-state index contributed by atoms with van der Waals surface area (Å²) in [5.74, 6) is 0.708. The zero-order chi connectivity index (χ0) is 39.5. The van der Waals surface area contributed by atoms with Gasteiger partial charge in [-0.1, -0.05) is 202 Å². The summed E-state index contributed by atoms with van der Waals surface area (Å²) in [5, 5.41) is 4.90. The van der Waals surface area contributed by atoms with Gasteiger partial charge in [0.25, 0.3) is 0 Å². The van der Waals surface area contributed by atoms with Gasteiger partial charge in [0.15, 0.2) is 5.82 Å². The van der Waals surface area contributed by atoms with Crippen molar-refractivity contribution >= 4 is 21.5 Å². The number of nitrogens with zero attached hydrogens (tertiary/aromatic N) is 2. The summed E-state index contributed by atoms with van der Waals surface area (Å²) < 4.78 is 0. The van der Waals surface area contributed by atoms with Gasteiger partial charge in [-0.05, 0) is 95.4 Å². The lowest BCUT2D eigenvalue weighted by atomic mass is 9.78. The van der Waals surface area contributed by atoms with Gasteiger partial charge >= 0.3 is 0 Å². The molecular formula is C57H40N2. The van der Waals surface area contributed by atoms with Crippen molar-refractivity contribution in [3.05, 3.63) is 217 Å². The highest BCUT2D eigenvalue weighted by Crippen LogP contribution is 2.55. The van der Waals surface area contributed by atoms with Crippen molar-refractivity contribution in [3.63, 3.8) is 0 Å². The van der Waals surface area contributed by atoms with Gasteiger partial charge in [-0.15, -0.1) is 0 Å². The van der Waals surface area contributed by atoms with Crippen LogP contribution in [0.1, 0.15) is 25.0 Å². The van der Waals surface area contributed by atoms with Crippen LogP contribution in [-0.4, -0.2) is 9.97 Å². The van der Waals surface area contributed by atoms with Crippen LogP contribution in [0, 0.1) is 0 Å². The number of rotatable bonds is 6. The van der Waals surface area contributed by atoms with Crippen LogP contribution in [0.2, 0.25) is 0 Å². The van der Waals surface area contributed by atoms with E-state index in [0.29, 0.717) is 5.82 Å². The molecule has 0 spiro atoms. The molecule has 59 heavy (non-hydrogen) atoms. The van der Waals surface area contributed by atoms with Crippen LogP contribution in [0.4, 0.5) is 0 Å². The minimum absolute atomic E-state index is 0.175. The zero-order valence-corrected chi connectivity index (χ0v) is 33.0. The predicted octanol–water partition coefficient (Wildman–Crippen LogP) is 15.1. The van der Waals surface area contributed by atoms with Crippen LogP contribution >= 0.6 is 0 Å². The van der Waals surface area contributed by atoms with E-state index in [-0.39, 0.29) is 5.41 Å². The highest BCUT2D eigenvalue weighted by atomic mass is 14.9. The summed E-state index contributed by atoms with van der Waals surface area (Å²) in [5.41, 5.74) is 17.4. The fraction of sp³-hybridized carbons (Fsp3) is 0.0526. The molecule has 1 heterocycles. The van der Waals surface area contributed by atoms with E-state index in [1.807, 2.05) is 6.07 Å². The van der Waals surface area contributed by atoms with E-state index in [2.05, 4.69) is 214 Å². The standard InChI is InChI=1S/C57H40N2/c1-57(2)51-34-31-40-17-9-10-22-44(40)54(51)50-26-14-25-48(55(50)57)47-32-33-49(46-24-12-11-23-45(46)47)56-58-52(41-18-7-4-8-19-41)36-53(59-56)43-21-13-20-42(35-43)39-29-27-38(28-30-39)37-15-5-3-6-16-37/h3-36H,1-2H3. The van der Waals surface area contributed by atoms with Crippen LogP contribution in [0.3, 0.4) is 0 Å². The normalized spacial score (nSPS) is 12.7. The molecule has 1 aliphatic carbocycles. The molecule has 0 aliphatic heterocycles. The van der Waals surface area contributed by atoms with Crippen LogP contribution < -0.4 is 0 Å². The van der Waals surface area contributed by atoms with E-state index in [0.717, 1.165) is 44.6 Å². The topological polar surface area (TPSA) is 25.8 Å². The first-order chi connectivity index (χ1) is 29.0. The summed E-state index contributed by atoms with van der Waals surface area (Å²) >= 11 is 0. The lowest BCUT2D eigenvalue weighted by molar-refractivity contribution is 0.662. The van der Waals surface area contributed by atoms with Gasteiger partial charge in [-0.25, -0.2) is 9.97 Å². The molecule has 0 radical (unpaired) electrons. The molecule has 2 nitrogen and oxygen atoms in total. The monoisotopic (exact) mass is 752 g/mol. The molecule has 0 saturated heterocycles. The highest BCUT2D eigenvalue weighted by Gasteiger charge is 2.38. The highest BCUT2D eigenvalue weighted by molar-refractivity contribution is 6.08. The fourth-order valence-electron chi connectivity index (χ4n) is 9.42. The predicted molar refractivity (Wildman–Crippen MR) is 247 cm³/mol. The molecule has 0 fully saturated rings. The summed E-state index contributed by atoms with van der Waals surface area (Å²) in [6.45, 7) is 4.76. The van der Waals surface area contributed by atoms with Gasteiger partial charge in [0.1, 0.15) is 0 Å². The first-order valence-electron chi connectivity index (χ1n) is 20.4. The van der Waals surface area contributed by atoms with Gasteiger partial charge < -0.3 is 0 Å². The van der Waals surface area contributed by atoms with E-state index in [9.17, 15) is 0 Å². The van der Waals surface area contributed by atoms with Crippen LogP contribution in [-0.2, 0) is 5.41 Å². The Balaban J connectivity index is 1.05. The number of fused-ring (bicyclic) bond motifs is 6. The smallest absolute Gasteiger partial charge is 0.161 e. The number of benzene rings is 9. The Labute approximate surface area is 345 Å². The molecule has 0 bridgehead atoms. The molecule has 1 aliphatic rings. The Bertz CT molecular complexity index is 3220. The molecule has 10 aromatic rings. The van der Waals surface area contributed by atoms with Gasteiger partial charge in [0, 0.05) is 22.1 Å². The molecule has 0 saturated carbocycles. The lowest BCUT2D eigenvalue weighted by Crippen LogP contribution is -2.16. The Morgan fingerprint density at radius 1 is 0.339 bits per heavy atom. The van der Waals surface area contributed by atoms with Crippen molar-refractivity contribution in [2.75, 3.05) is 0 Å². The Morgan fingerprint density at radius 2 is 0.864 bits per heavy atom. The van der Waals surface area contributed by atoms with E-state index in [1.54, 1.807) is 0 Å². The van der Waals surface area contributed by atoms with E-state index in [1.165, 1.54) is 60.7 Å². The van der Waals surface area contributed by atoms with Crippen LogP contribution in [0.25, 0.3) is 100.0 Å². The molecule has 0 N–H and O–H groups in total. The second-order valence-electron chi connectivity index (χ2n) is 16.1. The first kappa shape index (κ1) is 34.8. The lowest BCUT2D eigenvalue weighted by Gasteiger charge is -2.25. The van der Waals surface area contributed by atoms with Gasteiger partial charge in [-0.3, -0.25) is 0 Å². The number of hydrogen-bond acceptors (Lipinski definition) is 2.